The first-order valence-electron chi connectivity index (χ1n) is 6.77. The highest BCUT2D eigenvalue weighted by Crippen LogP contribution is 2.18. The normalized spacial score (nSPS) is 11.8. The lowest BCUT2D eigenvalue weighted by atomic mass is 10.1. The third-order valence-electron chi connectivity index (χ3n) is 3.17. The van der Waals surface area contributed by atoms with Gasteiger partial charge in [0, 0.05) is 18.8 Å². The maximum atomic E-state index is 12.2. The SMILES string of the molecule is CCCC(CC(=O)O)NC(=O)N(C)c1ccccc1C. The van der Waals surface area contributed by atoms with Crippen LogP contribution in [-0.2, 0) is 4.79 Å². The van der Waals surface area contributed by atoms with Crippen LogP contribution in [0.4, 0.5) is 10.5 Å². The second-order valence-corrected chi connectivity index (χ2v) is 4.88. The molecule has 20 heavy (non-hydrogen) atoms. The molecule has 1 unspecified atom stereocenters. The Balaban J connectivity index is 2.73. The molecule has 5 heteroatoms. The maximum absolute atomic E-state index is 12.2. The van der Waals surface area contributed by atoms with E-state index in [9.17, 15) is 9.59 Å². The van der Waals surface area contributed by atoms with Crippen LogP contribution < -0.4 is 10.2 Å². The lowest BCUT2D eigenvalue weighted by Gasteiger charge is -2.23. The van der Waals surface area contributed by atoms with Crippen LogP contribution in [0.5, 0.6) is 0 Å². The van der Waals surface area contributed by atoms with Gasteiger partial charge in [-0.2, -0.15) is 0 Å². The summed E-state index contributed by atoms with van der Waals surface area (Å²) in [7, 11) is 1.68. The average molecular weight is 278 g/mol. The number of aryl methyl sites for hydroxylation is 1. The summed E-state index contributed by atoms with van der Waals surface area (Å²) in [5.74, 6) is -0.901. The highest BCUT2D eigenvalue weighted by atomic mass is 16.4. The van der Waals surface area contributed by atoms with E-state index in [2.05, 4.69) is 5.32 Å². The van der Waals surface area contributed by atoms with Crippen molar-refractivity contribution in [1.29, 1.82) is 0 Å². The number of carboxylic acids is 1. The number of urea groups is 1. The Bertz CT molecular complexity index is 474. The third kappa shape index (κ3) is 4.57. The van der Waals surface area contributed by atoms with Crippen LogP contribution in [0.2, 0.25) is 0 Å². The van der Waals surface area contributed by atoms with Crippen molar-refractivity contribution in [3.63, 3.8) is 0 Å². The van der Waals surface area contributed by atoms with E-state index in [1.807, 2.05) is 38.1 Å². The van der Waals surface area contributed by atoms with Crippen molar-refractivity contribution in [2.75, 3.05) is 11.9 Å². The smallest absolute Gasteiger partial charge is 0.321 e. The molecule has 1 aromatic rings. The molecule has 0 aliphatic heterocycles. The monoisotopic (exact) mass is 278 g/mol. The van der Waals surface area contributed by atoms with E-state index in [1.54, 1.807) is 7.05 Å². The molecular weight excluding hydrogens is 256 g/mol. The number of amides is 2. The van der Waals surface area contributed by atoms with Gasteiger partial charge >= 0.3 is 12.0 Å². The Morgan fingerprint density at radius 3 is 2.55 bits per heavy atom. The number of carbonyl (C=O) groups excluding carboxylic acids is 1. The minimum atomic E-state index is -0.901. The molecule has 5 nitrogen and oxygen atoms in total. The van der Waals surface area contributed by atoms with E-state index >= 15 is 0 Å². The molecule has 110 valence electrons. The molecule has 0 radical (unpaired) electrons. The number of hydrogen-bond donors (Lipinski definition) is 2. The van der Waals surface area contributed by atoms with Crippen LogP contribution >= 0.6 is 0 Å². The Kier molecular flexibility index (Phi) is 6.03. The second kappa shape index (κ2) is 7.53. The predicted octanol–water partition coefficient (Wildman–Crippen LogP) is 2.78. The van der Waals surface area contributed by atoms with E-state index < -0.39 is 5.97 Å². The first kappa shape index (κ1) is 16.0. The lowest BCUT2D eigenvalue weighted by molar-refractivity contribution is -0.137. The first-order chi connectivity index (χ1) is 9.45. The summed E-state index contributed by atoms with van der Waals surface area (Å²) in [6, 6.07) is 6.96. The van der Waals surface area contributed by atoms with Gasteiger partial charge in [-0.25, -0.2) is 4.79 Å². The number of para-hydroxylation sites is 1. The van der Waals surface area contributed by atoms with Gasteiger partial charge in [0.15, 0.2) is 0 Å². The molecule has 0 aliphatic carbocycles. The number of carbonyl (C=O) groups is 2. The van der Waals surface area contributed by atoms with Gasteiger partial charge in [-0.05, 0) is 25.0 Å². The van der Waals surface area contributed by atoms with Crippen molar-refractivity contribution in [2.45, 2.75) is 39.2 Å². The Morgan fingerprint density at radius 1 is 1.35 bits per heavy atom. The Morgan fingerprint density at radius 2 is 2.00 bits per heavy atom. The van der Waals surface area contributed by atoms with E-state index in [4.69, 9.17) is 5.11 Å². The second-order valence-electron chi connectivity index (χ2n) is 4.88. The average Bonchev–Trinajstić information content (AvgIpc) is 2.38. The number of benzene rings is 1. The van der Waals surface area contributed by atoms with Crippen molar-refractivity contribution in [2.24, 2.45) is 0 Å². The van der Waals surface area contributed by atoms with Gasteiger partial charge < -0.3 is 10.4 Å². The molecule has 0 heterocycles. The molecule has 0 bridgehead atoms. The van der Waals surface area contributed by atoms with Crippen LogP contribution in [0.3, 0.4) is 0 Å². The zero-order valence-electron chi connectivity index (χ0n) is 12.2. The summed E-state index contributed by atoms with van der Waals surface area (Å²) in [5.41, 5.74) is 1.81. The molecule has 0 fully saturated rings. The molecule has 1 atom stereocenters. The largest absolute Gasteiger partial charge is 0.481 e. The Hall–Kier alpha value is -2.04. The van der Waals surface area contributed by atoms with Gasteiger partial charge in [0.05, 0.1) is 6.42 Å². The fourth-order valence-electron chi connectivity index (χ4n) is 2.11. The Labute approximate surface area is 119 Å². The standard InChI is InChI=1S/C15H22N2O3/c1-4-7-12(10-14(18)19)16-15(20)17(3)13-9-6-5-8-11(13)2/h5-6,8-9,12H,4,7,10H2,1-3H3,(H,16,20)(H,18,19). The van der Waals surface area contributed by atoms with E-state index in [0.29, 0.717) is 6.42 Å². The summed E-state index contributed by atoms with van der Waals surface area (Å²) >= 11 is 0. The highest BCUT2D eigenvalue weighted by Gasteiger charge is 2.18. The van der Waals surface area contributed by atoms with Gasteiger partial charge in [0.25, 0.3) is 0 Å². The fraction of sp³-hybridized carbons (Fsp3) is 0.467. The third-order valence-corrected chi connectivity index (χ3v) is 3.17. The molecule has 0 aromatic heterocycles. The molecule has 0 spiro atoms. The molecule has 2 amide bonds. The number of rotatable bonds is 6. The van der Waals surface area contributed by atoms with E-state index in [0.717, 1.165) is 17.7 Å². The first-order valence-corrected chi connectivity index (χ1v) is 6.77. The minimum Gasteiger partial charge on any atom is -0.481 e. The molecule has 0 saturated heterocycles. The number of hydrogen-bond acceptors (Lipinski definition) is 2. The van der Waals surface area contributed by atoms with Crippen molar-refractivity contribution in [1.82, 2.24) is 5.32 Å². The molecule has 1 aromatic carbocycles. The summed E-state index contributed by atoms with van der Waals surface area (Å²) in [5, 5.41) is 11.6. The van der Waals surface area contributed by atoms with Gasteiger partial charge in [0.1, 0.15) is 0 Å². The number of nitrogens with zero attached hydrogens (tertiary/aromatic N) is 1. The lowest BCUT2D eigenvalue weighted by Crippen LogP contribution is -2.44. The summed E-state index contributed by atoms with van der Waals surface area (Å²) in [6.45, 7) is 3.89. The van der Waals surface area contributed by atoms with Crippen LogP contribution in [-0.4, -0.2) is 30.2 Å². The maximum Gasteiger partial charge on any atom is 0.321 e. The van der Waals surface area contributed by atoms with Crippen LogP contribution in [0.1, 0.15) is 31.7 Å². The molecule has 1 rings (SSSR count). The van der Waals surface area contributed by atoms with E-state index in [-0.39, 0.29) is 18.5 Å². The number of carboxylic acid groups (broad SMARTS) is 1. The van der Waals surface area contributed by atoms with Gasteiger partial charge in [-0.15, -0.1) is 0 Å². The van der Waals surface area contributed by atoms with Crippen LogP contribution in [0.15, 0.2) is 24.3 Å². The summed E-state index contributed by atoms with van der Waals surface area (Å²) in [4.78, 5) is 24.5. The number of anilines is 1. The topological polar surface area (TPSA) is 69.6 Å². The van der Waals surface area contributed by atoms with Crippen molar-refractivity contribution in [3.8, 4) is 0 Å². The van der Waals surface area contributed by atoms with Gasteiger partial charge in [0.2, 0.25) is 0 Å². The quantitative estimate of drug-likeness (QED) is 0.840. The van der Waals surface area contributed by atoms with Crippen molar-refractivity contribution < 1.29 is 14.7 Å². The fourth-order valence-corrected chi connectivity index (χ4v) is 2.11. The molecular formula is C15H22N2O3. The number of aliphatic carboxylic acids is 1. The van der Waals surface area contributed by atoms with E-state index in [1.165, 1.54) is 4.90 Å². The van der Waals surface area contributed by atoms with Gasteiger partial charge in [-0.1, -0.05) is 31.5 Å². The minimum absolute atomic E-state index is 0.0544. The van der Waals surface area contributed by atoms with Crippen LogP contribution in [0, 0.1) is 6.92 Å². The van der Waals surface area contributed by atoms with Gasteiger partial charge in [-0.3, -0.25) is 9.69 Å². The molecule has 2 N–H and O–H groups in total. The number of nitrogens with one attached hydrogen (secondary N) is 1. The molecule has 0 aliphatic rings. The zero-order chi connectivity index (χ0) is 15.1. The predicted molar refractivity (Wildman–Crippen MR) is 79.1 cm³/mol. The summed E-state index contributed by atoms with van der Waals surface area (Å²) in [6.07, 6.45) is 1.42. The zero-order valence-corrected chi connectivity index (χ0v) is 12.2. The molecule has 0 saturated carbocycles. The van der Waals surface area contributed by atoms with Crippen LogP contribution in [0.25, 0.3) is 0 Å². The van der Waals surface area contributed by atoms with Crippen molar-refractivity contribution >= 4 is 17.7 Å². The summed E-state index contributed by atoms with van der Waals surface area (Å²) < 4.78 is 0. The highest BCUT2D eigenvalue weighted by molar-refractivity contribution is 5.92. The van der Waals surface area contributed by atoms with Crippen molar-refractivity contribution in [3.05, 3.63) is 29.8 Å².